The summed E-state index contributed by atoms with van der Waals surface area (Å²) in [6.07, 6.45) is 1.00. The summed E-state index contributed by atoms with van der Waals surface area (Å²) in [4.78, 5) is 14.7. The van der Waals surface area contributed by atoms with Crippen LogP contribution in [-0.2, 0) is 10.6 Å². The first-order valence-corrected chi connectivity index (χ1v) is 4.01. The minimum atomic E-state index is -0.636. The van der Waals surface area contributed by atoms with Gasteiger partial charge in [0.15, 0.2) is 0 Å². The van der Waals surface area contributed by atoms with Crippen LogP contribution in [0, 0.1) is 5.82 Å². The average Bonchev–Trinajstić information content (AvgIpc) is 2.16. The number of hydrogen-bond donors (Lipinski definition) is 0. The summed E-state index contributed by atoms with van der Waals surface area (Å²) in [6, 6.07) is 1.05. The van der Waals surface area contributed by atoms with Crippen molar-refractivity contribution >= 4 is 17.6 Å². The van der Waals surface area contributed by atoms with Crippen molar-refractivity contribution in [3.63, 3.8) is 0 Å². The number of carbonyl (C=O) groups excluding carboxylic acids is 1. The molecule has 1 rings (SSSR count). The second kappa shape index (κ2) is 4.18. The number of rotatable bonds is 2. The summed E-state index contributed by atoms with van der Waals surface area (Å²) >= 11 is 5.49. The lowest BCUT2D eigenvalue weighted by atomic mass is 10.2. The number of pyridine rings is 1. The van der Waals surface area contributed by atoms with Crippen LogP contribution < -0.4 is 0 Å². The number of methoxy groups -OCH3 is 1. The molecule has 0 spiro atoms. The van der Waals surface area contributed by atoms with Crippen LogP contribution in [0.4, 0.5) is 4.39 Å². The van der Waals surface area contributed by atoms with Gasteiger partial charge < -0.3 is 4.74 Å². The predicted octanol–water partition coefficient (Wildman–Crippen LogP) is 1.75. The van der Waals surface area contributed by atoms with E-state index in [2.05, 4.69) is 9.72 Å². The first-order valence-electron chi connectivity index (χ1n) is 3.47. The van der Waals surface area contributed by atoms with Crippen molar-refractivity contribution in [3.05, 3.63) is 29.3 Å². The smallest absolute Gasteiger partial charge is 0.339 e. The van der Waals surface area contributed by atoms with Gasteiger partial charge in [-0.25, -0.2) is 9.18 Å². The molecular weight excluding hydrogens is 197 g/mol. The van der Waals surface area contributed by atoms with Gasteiger partial charge in [0, 0.05) is 0 Å². The molecule has 0 aliphatic heterocycles. The molecule has 5 heteroatoms. The molecule has 1 aromatic rings. The Labute approximate surface area is 79.5 Å². The molecular formula is C8H7ClFNO2. The van der Waals surface area contributed by atoms with E-state index < -0.39 is 11.8 Å². The lowest BCUT2D eigenvalue weighted by Crippen LogP contribution is -2.07. The van der Waals surface area contributed by atoms with E-state index >= 15 is 0 Å². The van der Waals surface area contributed by atoms with E-state index in [-0.39, 0.29) is 11.4 Å². The third kappa shape index (κ3) is 2.15. The summed E-state index contributed by atoms with van der Waals surface area (Å²) < 4.78 is 17.1. The Morgan fingerprint density at radius 1 is 1.77 bits per heavy atom. The van der Waals surface area contributed by atoms with Gasteiger partial charge in [0.25, 0.3) is 0 Å². The van der Waals surface area contributed by atoms with Crippen molar-refractivity contribution in [1.82, 2.24) is 4.98 Å². The molecule has 3 nitrogen and oxygen atoms in total. The zero-order valence-corrected chi connectivity index (χ0v) is 7.64. The van der Waals surface area contributed by atoms with Crippen LogP contribution in [0.25, 0.3) is 0 Å². The van der Waals surface area contributed by atoms with Gasteiger partial charge in [0.1, 0.15) is 5.82 Å². The van der Waals surface area contributed by atoms with E-state index in [0.29, 0.717) is 5.69 Å². The lowest BCUT2D eigenvalue weighted by Gasteiger charge is -2.03. The fourth-order valence-corrected chi connectivity index (χ4v) is 1.07. The third-order valence-electron chi connectivity index (χ3n) is 1.47. The van der Waals surface area contributed by atoms with Crippen molar-refractivity contribution in [3.8, 4) is 0 Å². The Kier molecular flexibility index (Phi) is 3.19. The van der Waals surface area contributed by atoms with E-state index in [0.717, 1.165) is 12.3 Å². The molecule has 0 saturated carbocycles. The van der Waals surface area contributed by atoms with E-state index in [1.165, 1.54) is 7.11 Å². The normalized spacial score (nSPS) is 9.77. The maximum Gasteiger partial charge on any atom is 0.339 e. The Morgan fingerprint density at radius 2 is 2.46 bits per heavy atom. The SMILES string of the molecule is COC(=O)c1cc(F)cnc1CCl. The van der Waals surface area contributed by atoms with Crippen molar-refractivity contribution in [2.75, 3.05) is 7.11 Å². The Hall–Kier alpha value is -1.16. The van der Waals surface area contributed by atoms with E-state index in [4.69, 9.17) is 11.6 Å². The zero-order chi connectivity index (χ0) is 9.84. The third-order valence-corrected chi connectivity index (χ3v) is 1.72. The fourth-order valence-electron chi connectivity index (χ4n) is 0.861. The molecule has 0 aliphatic rings. The van der Waals surface area contributed by atoms with E-state index in [1.807, 2.05) is 0 Å². The fraction of sp³-hybridized carbons (Fsp3) is 0.250. The van der Waals surface area contributed by atoms with Crippen LogP contribution in [0.15, 0.2) is 12.3 Å². The predicted molar refractivity (Wildman–Crippen MR) is 45.1 cm³/mol. The van der Waals surface area contributed by atoms with Gasteiger partial charge in [-0.15, -0.1) is 11.6 Å². The summed E-state index contributed by atoms with van der Waals surface area (Å²) in [6.45, 7) is 0. The van der Waals surface area contributed by atoms with Crippen LogP contribution >= 0.6 is 11.6 Å². The molecule has 1 aromatic heterocycles. The Bertz CT molecular complexity index is 330. The van der Waals surface area contributed by atoms with Crippen molar-refractivity contribution in [1.29, 1.82) is 0 Å². The van der Waals surface area contributed by atoms with Gasteiger partial charge >= 0.3 is 5.97 Å². The minimum Gasteiger partial charge on any atom is -0.465 e. The monoisotopic (exact) mass is 203 g/mol. The molecule has 0 saturated heterocycles. The molecule has 0 N–H and O–H groups in total. The van der Waals surface area contributed by atoms with Crippen LogP contribution in [0.3, 0.4) is 0 Å². The van der Waals surface area contributed by atoms with E-state index in [9.17, 15) is 9.18 Å². The van der Waals surface area contributed by atoms with E-state index in [1.54, 1.807) is 0 Å². The maximum atomic E-state index is 12.7. The highest BCUT2D eigenvalue weighted by atomic mass is 35.5. The molecule has 0 unspecified atom stereocenters. The van der Waals surface area contributed by atoms with Crippen LogP contribution in [0.5, 0.6) is 0 Å². The standard InChI is InChI=1S/C8H7ClFNO2/c1-13-8(12)6-2-5(10)4-11-7(6)3-9/h2,4H,3H2,1H3. The van der Waals surface area contributed by atoms with Crippen molar-refractivity contribution in [2.45, 2.75) is 5.88 Å². The first-order chi connectivity index (χ1) is 6.19. The quantitative estimate of drug-likeness (QED) is 0.543. The Morgan fingerprint density at radius 3 is 3.00 bits per heavy atom. The molecule has 0 radical (unpaired) electrons. The summed E-state index contributed by atoms with van der Waals surface area (Å²) in [5, 5.41) is 0. The molecule has 1 heterocycles. The number of aromatic nitrogens is 1. The van der Waals surface area contributed by atoms with Crippen LogP contribution in [0.1, 0.15) is 16.1 Å². The Balaban J connectivity index is 3.15. The minimum absolute atomic E-state index is 0.0463. The highest BCUT2D eigenvalue weighted by Crippen LogP contribution is 2.11. The highest BCUT2D eigenvalue weighted by Gasteiger charge is 2.13. The summed E-state index contributed by atoms with van der Waals surface area (Å²) in [5.74, 6) is -1.18. The van der Waals surface area contributed by atoms with Crippen LogP contribution in [0.2, 0.25) is 0 Å². The van der Waals surface area contributed by atoms with Gasteiger partial charge in [0.2, 0.25) is 0 Å². The van der Waals surface area contributed by atoms with Gasteiger partial charge in [-0.1, -0.05) is 0 Å². The molecule has 0 amide bonds. The molecule has 0 aromatic carbocycles. The second-order valence-electron chi connectivity index (χ2n) is 2.27. The largest absolute Gasteiger partial charge is 0.465 e. The molecule has 0 atom stereocenters. The number of hydrogen-bond acceptors (Lipinski definition) is 3. The number of ether oxygens (including phenoxy) is 1. The number of alkyl halides is 1. The van der Waals surface area contributed by atoms with Gasteiger partial charge in [-0.3, -0.25) is 4.98 Å². The van der Waals surface area contributed by atoms with Gasteiger partial charge in [-0.05, 0) is 6.07 Å². The maximum absolute atomic E-state index is 12.7. The average molecular weight is 204 g/mol. The highest BCUT2D eigenvalue weighted by molar-refractivity contribution is 6.17. The van der Waals surface area contributed by atoms with Gasteiger partial charge in [0.05, 0.1) is 30.4 Å². The first kappa shape index (κ1) is 9.92. The zero-order valence-electron chi connectivity index (χ0n) is 6.88. The van der Waals surface area contributed by atoms with Gasteiger partial charge in [-0.2, -0.15) is 0 Å². The topological polar surface area (TPSA) is 39.2 Å². The van der Waals surface area contributed by atoms with Crippen LogP contribution in [-0.4, -0.2) is 18.1 Å². The molecule has 0 fully saturated rings. The molecule has 13 heavy (non-hydrogen) atoms. The summed E-state index contributed by atoms with van der Waals surface area (Å²) in [5.41, 5.74) is 0.382. The molecule has 0 bridgehead atoms. The number of nitrogens with zero attached hydrogens (tertiary/aromatic N) is 1. The number of halogens is 2. The number of esters is 1. The summed E-state index contributed by atoms with van der Waals surface area (Å²) in [7, 11) is 1.21. The molecule has 70 valence electrons. The van der Waals surface area contributed by atoms with Crippen molar-refractivity contribution < 1.29 is 13.9 Å². The lowest BCUT2D eigenvalue weighted by molar-refractivity contribution is 0.0598. The molecule has 0 aliphatic carbocycles. The number of carbonyl (C=O) groups is 1. The second-order valence-corrected chi connectivity index (χ2v) is 2.54. The van der Waals surface area contributed by atoms with Crippen molar-refractivity contribution in [2.24, 2.45) is 0 Å².